The van der Waals surface area contributed by atoms with E-state index < -0.39 is 11.9 Å². The van der Waals surface area contributed by atoms with Gasteiger partial charge in [-0.2, -0.15) is 4.98 Å². The summed E-state index contributed by atoms with van der Waals surface area (Å²) >= 11 is 6.00. The molecule has 0 aliphatic heterocycles. The first-order valence-electron chi connectivity index (χ1n) is 8.17. The van der Waals surface area contributed by atoms with Gasteiger partial charge >= 0.3 is 0 Å². The van der Waals surface area contributed by atoms with Crippen LogP contribution < -0.4 is 5.32 Å². The van der Waals surface area contributed by atoms with Gasteiger partial charge in [0.05, 0.1) is 10.6 Å². The monoisotopic (exact) mass is 349 g/mol. The molecule has 2 aromatic rings. The molecule has 1 fully saturated rings. The molecule has 24 heavy (non-hydrogen) atoms. The van der Waals surface area contributed by atoms with Crippen LogP contribution in [0, 0.1) is 0 Å². The van der Waals surface area contributed by atoms with Gasteiger partial charge in [-0.15, -0.1) is 0 Å². The zero-order valence-electron chi connectivity index (χ0n) is 13.5. The lowest BCUT2D eigenvalue weighted by atomic mass is 9.89. The molecular formula is C17H20ClN3O3. The largest absolute Gasteiger partial charge is 0.508 e. The average Bonchev–Trinajstić information content (AvgIpc) is 3.08. The second kappa shape index (κ2) is 7.21. The number of hydrogen-bond acceptors (Lipinski definition) is 5. The van der Waals surface area contributed by atoms with Crippen molar-refractivity contribution in [1.82, 2.24) is 15.5 Å². The van der Waals surface area contributed by atoms with Crippen molar-refractivity contribution < 1.29 is 14.4 Å². The molecule has 1 atom stereocenters. The Morgan fingerprint density at radius 3 is 2.88 bits per heavy atom. The molecule has 1 aliphatic carbocycles. The quantitative estimate of drug-likeness (QED) is 0.871. The Hall–Kier alpha value is -2.08. The zero-order chi connectivity index (χ0) is 17.1. The van der Waals surface area contributed by atoms with Gasteiger partial charge < -0.3 is 14.9 Å². The fourth-order valence-electron chi connectivity index (χ4n) is 2.97. The lowest BCUT2D eigenvalue weighted by Gasteiger charge is -2.17. The molecule has 6 nitrogen and oxygen atoms in total. The van der Waals surface area contributed by atoms with E-state index in [1.807, 2.05) is 0 Å². The first kappa shape index (κ1) is 16.8. The molecule has 1 amide bonds. The predicted octanol–water partition coefficient (Wildman–Crippen LogP) is 3.97. The van der Waals surface area contributed by atoms with Crippen LogP contribution in [-0.4, -0.2) is 21.2 Å². The van der Waals surface area contributed by atoms with Crippen LogP contribution >= 0.6 is 11.6 Å². The third-order valence-electron chi connectivity index (χ3n) is 4.34. The first-order chi connectivity index (χ1) is 11.5. The standard InChI is InChI=1S/C17H20ClN3O3/c1-10(19-16(23)13-9-12(22)7-8-14(13)18)17-20-15(21-24-17)11-5-3-2-4-6-11/h7-11,22H,2-6H2,1H3,(H,19,23). The van der Waals surface area contributed by atoms with E-state index in [4.69, 9.17) is 16.1 Å². The van der Waals surface area contributed by atoms with E-state index >= 15 is 0 Å². The summed E-state index contributed by atoms with van der Waals surface area (Å²) in [6.45, 7) is 1.77. The number of aromatic hydroxyl groups is 1. The summed E-state index contributed by atoms with van der Waals surface area (Å²) in [4.78, 5) is 16.8. The second-order valence-corrected chi connectivity index (χ2v) is 6.59. The molecule has 0 spiro atoms. The summed E-state index contributed by atoms with van der Waals surface area (Å²) in [6.07, 6.45) is 5.81. The Labute approximate surface area is 145 Å². The van der Waals surface area contributed by atoms with Crippen LogP contribution in [0.2, 0.25) is 5.02 Å². The van der Waals surface area contributed by atoms with Crippen LogP contribution in [0.4, 0.5) is 0 Å². The fourth-order valence-corrected chi connectivity index (χ4v) is 3.18. The number of phenols is 1. The number of carbonyl (C=O) groups is 1. The Bertz CT molecular complexity index is 726. The summed E-state index contributed by atoms with van der Waals surface area (Å²) in [5, 5.41) is 16.6. The number of carbonyl (C=O) groups excluding carboxylic acids is 1. The topological polar surface area (TPSA) is 88.2 Å². The number of aromatic nitrogens is 2. The first-order valence-corrected chi connectivity index (χ1v) is 8.55. The molecule has 3 rings (SSSR count). The van der Waals surface area contributed by atoms with Crippen LogP contribution in [0.1, 0.15) is 73.1 Å². The van der Waals surface area contributed by atoms with Crippen molar-refractivity contribution in [3.63, 3.8) is 0 Å². The third kappa shape index (κ3) is 3.70. The van der Waals surface area contributed by atoms with Crippen LogP contribution in [-0.2, 0) is 0 Å². The average molecular weight is 350 g/mol. The third-order valence-corrected chi connectivity index (χ3v) is 4.67. The van der Waals surface area contributed by atoms with E-state index in [-0.39, 0.29) is 16.3 Å². The molecule has 1 aromatic heterocycles. The lowest BCUT2D eigenvalue weighted by Crippen LogP contribution is -2.27. The summed E-state index contributed by atoms with van der Waals surface area (Å²) in [7, 11) is 0. The van der Waals surface area contributed by atoms with Crippen LogP contribution in [0.15, 0.2) is 22.7 Å². The molecule has 128 valence electrons. The number of nitrogens with one attached hydrogen (secondary N) is 1. The number of halogens is 1. The van der Waals surface area contributed by atoms with Crippen molar-refractivity contribution >= 4 is 17.5 Å². The number of benzene rings is 1. The highest BCUT2D eigenvalue weighted by molar-refractivity contribution is 6.33. The lowest BCUT2D eigenvalue weighted by molar-refractivity contribution is 0.0932. The number of hydrogen-bond donors (Lipinski definition) is 2. The van der Waals surface area contributed by atoms with Gasteiger partial charge in [-0.1, -0.05) is 36.0 Å². The van der Waals surface area contributed by atoms with Crippen LogP contribution in [0.25, 0.3) is 0 Å². The summed E-state index contributed by atoms with van der Waals surface area (Å²) in [5.74, 6) is 1.02. The van der Waals surface area contributed by atoms with Crippen LogP contribution in [0.5, 0.6) is 5.75 Å². The molecule has 0 radical (unpaired) electrons. The SMILES string of the molecule is CC(NC(=O)c1cc(O)ccc1Cl)c1nc(C2CCCCC2)no1. The van der Waals surface area contributed by atoms with E-state index in [1.54, 1.807) is 6.92 Å². The van der Waals surface area contributed by atoms with E-state index in [0.29, 0.717) is 11.8 Å². The predicted molar refractivity (Wildman–Crippen MR) is 89.1 cm³/mol. The molecule has 1 aromatic carbocycles. The molecule has 1 unspecified atom stereocenters. The van der Waals surface area contributed by atoms with Crippen molar-refractivity contribution in [3.8, 4) is 5.75 Å². The van der Waals surface area contributed by atoms with Crippen molar-refractivity contribution in [2.24, 2.45) is 0 Å². The van der Waals surface area contributed by atoms with Gasteiger partial charge in [-0.05, 0) is 38.0 Å². The maximum atomic E-state index is 12.3. The minimum atomic E-state index is -0.444. The number of rotatable bonds is 4. The van der Waals surface area contributed by atoms with Gasteiger partial charge in [0.15, 0.2) is 5.82 Å². The Morgan fingerprint density at radius 2 is 2.12 bits per heavy atom. The van der Waals surface area contributed by atoms with E-state index in [9.17, 15) is 9.90 Å². The molecule has 0 saturated heterocycles. The van der Waals surface area contributed by atoms with E-state index in [1.165, 1.54) is 37.5 Å². The smallest absolute Gasteiger partial charge is 0.253 e. The van der Waals surface area contributed by atoms with E-state index in [2.05, 4.69) is 15.5 Å². The molecule has 0 bridgehead atoms. The Morgan fingerprint density at radius 1 is 1.38 bits per heavy atom. The van der Waals surface area contributed by atoms with Crippen molar-refractivity contribution in [2.75, 3.05) is 0 Å². The minimum absolute atomic E-state index is 0.0189. The number of amides is 1. The minimum Gasteiger partial charge on any atom is -0.508 e. The molecular weight excluding hydrogens is 330 g/mol. The van der Waals surface area contributed by atoms with Crippen molar-refractivity contribution in [1.29, 1.82) is 0 Å². The summed E-state index contributed by atoms with van der Waals surface area (Å²) < 4.78 is 5.31. The highest BCUT2D eigenvalue weighted by Crippen LogP contribution is 2.31. The van der Waals surface area contributed by atoms with Crippen LogP contribution in [0.3, 0.4) is 0 Å². The normalized spacial score (nSPS) is 16.8. The van der Waals surface area contributed by atoms with Gasteiger partial charge in [-0.3, -0.25) is 4.79 Å². The van der Waals surface area contributed by atoms with E-state index in [0.717, 1.165) is 18.7 Å². The molecule has 1 heterocycles. The highest BCUT2D eigenvalue weighted by Gasteiger charge is 2.24. The highest BCUT2D eigenvalue weighted by atomic mass is 35.5. The summed E-state index contributed by atoms with van der Waals surface area (Å²) in [5.41, 5.74) is 0.204. The second-order valence-electron chi connectivity index (χ2n) is 6.19. The molecule has 1 saturated carbocycles. The number of nitrogens with zero attached hydrogens (tertiary/aromatic N) is 2. The Balaban J connectivity index is 1.68. The van der Waals surface area contributed by atoms with Gasteiger partial charge in [0.2, 0.25) is 5.89 Å². The zero-order valence-corrected chi connectivity index (χ0v) is 14.2. The Kier molecular flexibility index (Phi) is 5.04. The molecule has 2 N–H and O–H groups in total. The van der Waals surface area contributed by atoms with Crippen molar-refractivity contribution in [3.05, 3.63) is 40.5 Å². The maximum absolute atomic E-state index is 12.3. The van der Waals surface area contributed by atoms with Gasteiger partial charge in [-0.25, -0.2) is 0 Å². The number of phenolic OH excluding ortho intramolecular Hbond substituents is 1. The van der Waals surface area contributed by atoms with Gasteiger partial charge in [0.25, 0.3) is 5.91 Å². The summed E-state index contributed by atoms with van der Waals surface area (Å²) in [6, 6.07) is 3.79. The molecule has 7 heteroatoms. The van der Waals surface area contributed by atoms with Gasteiger partial charge in [0.1, 0.15) is 11.8 Å². The fraction of sp³-hybridized carbons (Fsp3) is 0.471. The molecule has 1 aliphatic rings. The maximum Gasteiger partial charge on any atom is 0.253 e. The van der Waals surface area contributed by atoms with Gasteiger partial charge in [0, 0.05) is 5.92 Å². The van der Waals surface area contributed by atoms with Crippen molar-refractivity contribution in [2.45, 2.75) is 51.0 Å².